The second-order valence-electron chi connectivity index (χ2n) is 11.6. The first-order valence-corrected chi connectivity index (χ1v) is 13.6. The molecule has 9 heteroatoms. The molecule has 1 atom stereocenters. The van der Waals surface area contributed by atoms with E-state index in [9.17, 15) is 9.59 Å². The summed E-state index contributed by atoms with van der Waals surface area (Å²) in [6.07, 6.45) is 13.0. The molecule has 0 unspecified atom stereocenters. The average Bonchev–Trinajstić information content (AvgIpc) is 3.66. The maximum atomic E-state index is 13.0. The van der Waals surface area contributed by atoms with E-state index >= 15 is 0 Å². The second kappa shape index (κ2) is 10.7. The lowest BCUT2D eigenvalue weighted by atomic mass is 9.86. The van der Waals surface area contributed by atoms with Gasteiger partial charge in [-0.1, -0.05) is 39.0 Å². The Morgan fingerprint density at radius 2 is 1.88 bits per heavy atom. The van der Waals surface area contributed by atoms with Gasteiger partial charge in [-0.15, -0.1) is 0 Å². The van der Waals surface area contributed by atoms with Crippen LogP contribution in [-0.2, 0) is 15.0 Å². The Morgan fingerprint density at radius 1 is 1.12 bits per heavy atom. The fraction of sp³-hybridized carbons (Fsp3) is 0.312. The van der Waals surface area contributed by atoms with Crippen LogP contribution < -0.4 is 10.6 Å². The molecule has 0 radical (unpaired) electrons. The number of nitrogens with zero attached hydrogens (tertiary/aromatic N) is 5. The van der Waals surface area contributed by atoms with Crippen LogP contribution in [0.3, 0.4) is 0 Å². The molecule has 5 rings (SSSR count). The Labute approximate surface area is 239 Å². The fourth-order valence-electron chi connectivity index (χ4n) is 5.15. The summed E-state index contributed by atoms with van der Waals surface area (Å²) in [7, 11) is 1.54. The Morgan fingerprint density at radius 3 is 2.56 bits per heavy atom. The molecule has 0 spiro atoms. The van der Waals surface area contributed by atoms with Gasteiger partial charge in [0.2, 0.25) is 11.7 Å². The number of aliphatic imine (C=N–C) groups is 1. The van der Waals surface area contributed by atoms with Gasteiger partial charge in [-0.3, -0.25) is 24.0 Å². The van der Waals surface area contributed by atoms with E-state index in [-0.39, 0.29) is 17.0 Å². The fourth-order valence-corrected chi connectivity index (χ4v) is 5.15. The van der Waals surface area contributed by atoms with E-state index < -0.39 is 17.4 Å². The summed E-state index contributed by atoms with van der Waals surface area (Å²) in [5, 5.41) is 6.52. The number of imidazole rings is 1. The number of hydrogen-bond donors (Lipinski definition) is 2. The molecule has 1 saturated carbocycles. The van der Waals surface area contributed by atoms with Gasteiger partial charge in [-0.25, -0.2) is 9.97 Å². The molecule has 4 aromatic rings. The van der Waals surface area contributed by atoms with Crippen LogP contribution in [-0.4, -0.2) is 51.0 Å². The number of carbonyl (C=O) groups is 2. The normalized spacial score (nSPS) is 15.9. The zero-order valence-corrected chi connectivity index (χ0v) is 24.1. The lowest BCUT2D eigenvalue weighted by Gasteiger charge is -2.29. The third-order valence-electron chi connectivity index (χ3n) is 7.76. The molecular formula is C32H35N7O2. The van der Waals surface area contributed by atoms with Crippen LogP contribution in [0.5, 0.6) is 0 Å². The number of nitrogens with one attached hydrogen (secondary N) is 2. The zero-order valence-electron chi connectivity index (χ0n) is 24.1. The summed E-state index contributed by atoms with van der Waals surface area (Å²) >= 11 is 0. The smallest absolute Gasteiger partial charge is 0.270 e. The minimum absolute atomic E-state index is 0.114. The highest BCUT2D eigenvalue weighted by Gasteiger charge is 2.48. The third kappa shape index (κ3) is 5.39. The highest BCUT2D eigenvalue weighted by Crippen LogP contribution is 2.53. The van der Waals surface area contributed by atoms with Crippen molar-refractivity contribution in [2.45, 2.75) is 52.0 Å². The summed E-state index contributed by atoms with van der Waals surface area (Å²) in [4.78, 5) is 42.9. The molecule has 1 aliphatic carbocycles. The summed E-state index contributed by atoms with van der Waals surface area (Å²) in [5.41, 5.74) is 4.60. The number of fused-ring (bicyclic) bond motifs is 2. The first-order chi connectivity index (χ1) is 19.6. The van der Waals surface area contributed by atoms with E-state index in [4.69, 9.17) is 0 Å². The van der Waals surface area contributed by atoms with Crippen LogP contribution in [0, 0.1) is 5.41 Å². The number of aromatic nitrogens is 4. The number of hydrogen-bond acceptors (Lipinski definition) is 6. The van der Waals surface area contributed by atoms with Gasteiger partial charge in [0, 0.05) is 42.0 Å². The zero-order chi connectivity index (χ0) is 29.4. The number of allylic oxidation sites excluding steroid dienone is 3. The molecule has 2 amide bonds. The van der Waals surface area contributed by atoms with Crippen molar-refractivity contribution < 1.29 is 9.59 Å². The maximum absolute atomic E-state index is 13.0. The van der Waals surface area contributed by atoms with Gasteiger partial charge in [0.05, 0.1) is 17.4 Å². The van der Waals surface area contributed by atoms with Crippen molar-refractivity contribution in [1.29, 1.82) is 0 Å². The van der Waals surface area contributed by atoms with E-state index in [1.54, 1.807) is 25.4 Å². The van der Waals surface area contributed by atoms with Crippen molar-refractivity contribution in [3.8, 4) is 0 Å². The third-order valence-corrected chi connectivity index (χ3v) is 7.76. The largest absolute Gasteiger partial charge is 0.357 e. The number of likely N-dealkylation sites (N-methyl/N-ethyl adjacent to an activating group) is 1. The molecule has 1 aliphatic rings. The van der Waals surface area contributed by atoms with Crippen molar-refractivity contribution in [3.05, 3.63) is 89.8 Å². The summed E-state index contributed by atoms with van der Waals surface area (Å²) < 4.78 is 2.06. The van der Waals surface area contributed by atoms with E-state index in [2.05, 4.69) is 66.0 Å². The highest BCUT2D eigenvalue weighted by molar-refractivity contribution is 5.97. The van der Waals surface area contributed by atoms with Gasteiger partial charge in [0.25, 0.3) is 5.91 Å². The molecule has 3 heterocycles. The van der Waals surface area contributed by atoms with Crippen LogP contribution in [0.4, 0.5) is 0 Å². The summed E-state index contributed by atoms with van der Waals surface area (Å²) in [6, 6.07) is 9.79. The topological polar surface area (TPSA) is 114 Å². The molecule has 1 aromatic carbocycles. The number of amides is 2. The highest BCUT2D eigenvalue weighted by atomic mass is 16.2. The molecule has 2 N–H and O–H groups in total. The van der Waals surface area contributed by atoms with Gasteiger partial charge in [0.15, 0.2) is 0 Å². The standard InChI is InChI=1S/C32H35N7O2/c1-20(9-11-25(33-5)28(40)38-27(29(41)34-6)31(2,3)4)22-17-36-30-37-18-26(39(30)19-22)32(13-14-32)23-10-12-24-21(16-23)8-7-15-35-24/h7-12,15-19,27H,5,13-14H2,1-4,6H3,(H,34,41)(H,38,40)/b20-9+,25-11-/t27-/m1/s1. The minimum atomic E-state index is -0.727. The number of benzene rings is 1. The molecule has 0 saturated heterocycles. The van der Waals surface area contributed by atoms with Crippen LogP contribution in [0.15, 0.2) is 78.0 Å². The van der Waals surface area contributed by atoms with Gasteiger partial charge < -0.3 is 10.6 Å². The molecule has 0 aliphatic heterocycles. The first kappa shape index (κ1) is 27.9. The van der Waals surface area contributed by atoms with Crippen molar-refractivity contribution in [3.63, 3.8) is 0 Å². The SMILES string of the molecule is C=N/C(=C\C=C(/C)c1cnc2ncc(C3(c4ccc5ncccc5c4)CC3)n2c1)C(=O)N[C@H](C(=O)NC)C(C)(C)C. The molecule has 0 bridgehead atoms. The molecule has 9 nitrogen and oxygen atoms in total. The molecule has 1 fully saturated rings. The Balaban J connectivity index is 1.43. The van der Waals surface area contributed by atoms with Crippen LogP contribution >= 0.6 is 0 Å². The van der Waals surface area contributed by atoms with Gasteiger partial charge in [-0.2, -0.15) is 0 Å². The van der Waals surface area contributed by atoms with Crippen LogP contribution in [0.25, 0.3) is 22.3 Å². The van der Waals surface area contributed by atoms with E-state index in [1.807, 2.05) is 52.4 Å². The second-order valence-corrected chi connectivity index (χ2v) is 11.6. The predicted octanol–water partition coefficient (Wildman–Crippen LogP) is 4.62. The van der Waals surface area contributed by atoms with E-state index in [1.165, 1.54) is 5.56 Å². The Bertz CT molecular complexity index is 1720. The average molecular weight is 550 g/mol. The minimum Gasteiger partial charge on any atom is -0.357 e. The van der Waals surface area contributed by atoms with Gasteiger partial charge in [-0.05, 0) is 67.3 Å². The summed E-state index contributed by atoms with van der Waals surface area (Å²) in [6.45, 7) is 11.2. The molecule has 41 heavy (non-hydrogen) atoms. The Kier molecular flexibility index (Phi) is 7.29. The molecule has 3 aromatic heterocycles. The van der Waals surface area contributed by atoms with Crippen molar-refractivity contribution in [2.75, 3.05) is 7.05 Å². The molecule has 210 valence electrons. The van der Waals surface area contributed by atoms with Crippen LogP contribution in [0.2, 0.25) is 0 Å². The van der Waals surface area contributed by atoms with Gasteiger partial charge in [0.1, 0.15) is 11.7 Å². The number of pyridine rings is 1. The monoisotopic (exact) mass is 549 g/mol. The van der Waals surface area contributed by atoms with Crippen molar-refractivity contribution >= 4 is 40.8 Å². The van der Waals surface area contributed by atoms with Crippen molar-refractivity contribution in [2.24, 2.45) is 10.4 Å². The molecular weight excluding hydrogens is 514 g/mol. The van der Waals surface area contributed by atoms with Gasteiger partial charge >= 0.3 is 0 Å². The van der Waals surface area contributed by atoms with Crippen LogP contribution in [0.1, 0.15) is 57.4 Å². The predicted molar refractivity (Wildman–Crippen MR) is 161 cm³/mol. The maximum Gasteiger partial charge on any atom is 0.270 e. The number of carbonyl (C=O) groups excluding carboxylic acids is 2. The lowest BCUT2D eigenvalue weighted by molar-refractivity contribution is -0.129. The van der Waals surface area contributed by atoms with E-state index in [0.717, 1.165) is 40.6 Å². The first-order valence-electron chi connectivity index (χ1n) is 13.6. The lowest BCUT2D eigenvalue weighted by Crippen LogP contribution is -2.53. The van der Waals surface area contributed by atoms with Crippen molar-refractivity contribution in [1.82, 2.24) is 30.0 Å². The Hall–Kier alpha value is -4.66. The summed E-state index contributed by atoms with van der Waals surface area (Å²) in [5.74, 6) is -0.110. The quantitative estimate of drug-likeness (QED) is 0.189. The van der Waals surface area contributed by atoms with E-state index in [0.29, 0.717) is 5.78 Å². The number of rotatable bonds is 8.